The van der Waals surface area contributed by atoms with Crippen LogP contribution >= 0.6 is 11.6 Å². The molecule has 1 aromatic carbocycles. The molecule has 2 aromatic rings. The Hall–Kier alpha value is -2.28. The van der Waals surface area contributed by atoms with E-state index in [0.717, 1.165) is 0 Å². The number of hydrogen-bond donors (Lipinski definition) is 2. The molecule has 112 valence electrons. The van der Waals surface area contributed by atoms with Gasteiger partial charge in [-0.25, -0.2) is 0 Å². The van der Waals surface area contributed by atoms with E-state index in [-0.39, 0.29) is 17.5 Å². The Kier molecular flexibility index (Phi) is 4.32. The number of ether oxygens (including phenoxy) is 2. The number of methoxy groups -OCH3 is 1. The summed E-state index contributed by atoms with van der Waals surface area (Å²) in [6, 6.07) is 3.24. The van der Waals surface area contributed by atoms with Crippen molar-refractivity contribution in [2.24, 2.45) is 5.73 Å². The molecule has 0 radical (unpaired) electrons. The molecular weight excluding hydrogens is 296 g/mol. The van der Waals surface area contributed by atoms with Crippen LogP contribution in [0.1, 0.15) is 24.3 Å². The second-order valence-corrected chi connectivity index (χ2v) is 4.94. The van der Waals surface area contributed by atoms with Crippen molar-refractivity contribution in [2.75, 3.05) is 7.11 Å². The zero-order chi connectivity index (χ0) is 15.6. The number of nitrogens with two attached hydrogens (primary N) is 1. The minimum absolute atomic E-state index is 0.0106. The number of hydrogen-bond acceptors (Lipinski definition) is 5. The lowest BCUT2D eigenvalue weighted by atomic mass is 10.1. The Balaban J connectivity index is 2.55. The van der Waals surface area contributed by atoms with Gasteiger partial charge >= 0.3 is 0 Å². The number of H-pyrrole nitrogens is 1. The minimum Gasteiger partial charge on any atom is -0.493 e. The molecule has 3 N–H and O–H groups in total. The Morgan fingerprint density at radius 3 is 2.62 bits per heavy atom. The lowest BCUT2D eigenvalue weighted by molar-refractivity contribution is 0.0996. The molecule has 0 aliphatic rings. The van der Waals surface area contributed by atoms with Crippen molar-refractivity contribution in [3.63, 3.8) is 0 Å². The summed E-state index contributed by atoms with van der Waals surface area (Å²) < 4.78 is 10.9. The van der Waals surface area contributed by atoms with E-state index in [9.17, 15) is 4.79 Å². The molecular formula is C13H15ClN4O3. The Morgan fingerprint density at radius 2 is 2.05 bits per heavy atom. The van der Waals surface area contributed by atoms with Crippen LogP contribution in [0.25, 0.3) is 11.3 Å². The third-order valence-corrected chi connectivity index (χ3v) is 2.97. The maximum Gasteiger partial charge on any atom is 0.271 e. The molecule has 0 aliphatic carbocycles. The molecule has 0 aliphatic heterocycles. The molecule has 21 heavy (non-hydrogen) atoms. The van der Waals surface area contributed by atoms with Gasteiger partial charge in [0.2, 0.25) is 0 Å². The minimum atomic E-state index is -0.698. The molecule has 1 amide bonds. The van der Waals surface area contributed by atoms with E-state index in [1.807, 2.05) is 13.8 Å². The van der Waals surface area contributed by atoms with Gasteiger partial charge in [0.05, 0.1) is 18.2 Å². The molecule has 8 heteroatoms. The number of rotatable bonds is 5. The molecule has 0 fully saturated rings. The fourth-order valence-corrected chi connectivity index (χ4v) is 2.06. The third-order valence-electron chi connectivity index (χ3n) is 2.65. The van der Waals surface area contributed by atoms with Gasteiger partial charge in [0.25, 0.3) is 5.91 Å². The van der Waals surface area contributed by atoms with Gasteiger partial charge < -0.3 is 15.2 Å². The first kappa shape index (κ1) is 15.1. The average Bonchev–Trinajstić information content (AvgIpc) is 2.87. The van der Waals surface area contributed by atoms with E-state index in [1.165, 1.54) is 7.11 Å². The summed E-state index contributed by atoms with van der Waals surface area (Å²) in [5.74, 6) is 0.281. The highest BCUT2D eigenvalue weighted by Crippen LogP contribution is 2.38. The summed E-state index contributed by atoms with van der Waals surface area (Å²) in [5, 5.41) is 10.3. The quantitative estimate of drug-likeness (QED) is 0.879. The predicted octanol–water partition coefficient (Wildman–Crippen LogP) is 2.02. The first-order chi connectivity index (χ1) is 9.93. The zero-order valence-electron chi connectivity index (χ0n) is 11.8. The number of nitrogens with one attached hydrogen (secondary N) is 1. The highest BCUT2D eigenvalue weighted by molar-refractivity contribution is 6.33. The first-order valence-electron chi connectivity index (χ1n) is 6.19. The fourth-order valence-electron chi connectivity index (χ4n) is 1.81. The maximum absolute atomic E-state index is 11.3. The number of nitrogens with zero attached hydrogens (tertiary/aromatic N) is 2. The normalized spacial score (nSPS) is 10.7. The van der Waals surface area contributed by atoms with Gasteiger partial charge in [-0.1, -0.05) is 11.6 Å². The summed E-state index contributed by atoms with van der Waals surface area (Å²) >= 11 is 6.24. The van der Waals surface area contributed by atoms with Crippen LogP contribution in [0.2, 0.25) is 5.02 Å². The summed E-state index contributed by atoms with van der Waals surface area (Å²) in [7, 11) is 1.51. The number of benzene rings is 1. The molecule has 0 atom stereocenters. The fraction of sp³-hybridized carbons (Fsp3) is 0.308. The van der Waals surface area contributed by atoms with E-state index >= 15 is 0 Å². The summed E-state index contributed by atoms with van der Waals surface area (Å²) in [6.07, 6.45) is -0.0333. The van der Waals surface area contributed by atoms with Gasteiger partial charge in [0.1, 0.15) is 5.69 Å². The monoisotopic (exact) mass is 310 g/mol. The maximum atomic E-state index is 11.3. The van der Waals surface area contributed by atoms with Crippen molar-refractivity contribution in [1.29, 1.82) is 0 Å². The van der Waals surface area contributed by atoms with Crippen molar-refractivity contribution in [2.45, 2.75) is 20.0 Å². The molecule has 0 spiro atoms. The smallest absolute Gasteiger partial charge is 0.271 e. The number of carbonyl (C=O) groups excluding carboxylic acids is 1. The Labute approximate surface area is 126 Å². The van der Waals surface area contributed by atoms with Crippen LogP contribution in [0.4, 0.5) is 0 Å². The van der Waals surface area contributed by atoms with Gasteiger partial charge in [0, 0.05) is 11.6 Å². The standard InChI is InChI=1S/C13H15ClN4O3/c1-6(2)21-10-5-8(14)7(4-9(10)20-3)11-12(13(15)19)17-18-16-11/h4-6H,1-3H3,(H2,15,19)(H,16,17,18). The topological polar surface area (TPSA) is 103 Å². The van der Waals surface area contributed by atoms with E-state index in [2.05, 4.69) is 15.4 Å². The third kappa shape index (κ3) is 3.08. The van der Waals surface area contributed by atoms with Crippen molar-refractivity contribution < 1.29 is 14.3 Å². The van der Waals surface area contributed by atoms with Crippen molar-refractivity contribution >= 4 is 17.5 Å². The van der Waals surface area contributed by atoms with Gasteiger partial charge in [-0.05, 0) is 19.9 Å². The molecule has 0 bridgehead atoms. The molecule has 0 saturated carbocycles. The number of halogens is 1. The number of carbonyl (C=O) groups is 1. The summed E-state index contributed by atoms with van der Waals surface area (Å²) in [5.41, 5.74) is 6.01. The second kappa shape index (κ2) is 6.01. The Morgan fingerprint density at radius 1 is 1.33 bits per heavy atom. The van der Waals surface area contributed by atoms with Crippen LogP contribution in [0.5, 0.6) is 11.5 Å². The highest BCUT2D eigenvalue weighted by Gasteiger charge is 2.20. The predicted molar refractivity (Wildman–Crippen MR) is 77.7 cm³/mol. The van der Waals surface area contributed by atoms with Gasteiger partial charge in [-0.15, -0.1) is 0 Å². The second-order valence-electron chi connectivity index (χ2n) is 4.53. The average molecular weight is 311 g/mol. The van der Waals surface area contributed by atoms with Crippen LogP contribution in [-0.4, -0.2) is 34.5 Å². The summed E-state index contributed by atoms with van der Waals surface area (Å²) in [6.45, 7) is 3.79. The van der Waals surface area contributed by atoms with Crippen molar-refractivity contribution in [1.82, 2.24) is 15.4 Å². The van der Waals surface area contributed by atoms with E-state index in [0.29, 0.717) is 22.1 Å². The van der Waals surface area contributed by atoms with Crippen LogP contribution in [0.3, 0.4) is 0 Å². The Bertz CT molecular complexity index is 669. The molecule has 0 unspecified atom stereocenters. The largest absolute Gasteiger partial charge is 0.493 e. The van der Waals surface area contributed by atoms with Crippen LogP contribution in [0.15, 0.2) is 12.1 Å². The number of aromatic amines is 1. The molecule has 0 saturated heterocycles. The molecule has 2 rings (SSSR count). The lowest BCUT2D eigenvalue weighted by Crippen LogP contribution is -2.13. The van der Waals surface area contributed by atoms with E-state index < -0.39 is 5.91 Å². The lowest BCUT2D eigenvalue weighted by Gasteiger charge is -2.15. The molecule has 1 aromatic heterocycles. The van der Waals surface area contributed by atoms with E-state index in [1.54, 1.807) is 12.1 Å². The summed E-state index contributed by atoms with van der Waals surface area (Å²) in [4.78, 5) is 11.3. The van der Waals surface area contributed by atoms with Crippen LogP contribution in [0, 0.1) is 0 Å². The number of amides is 1. The highest BCUT2D eigenvalue weighted by atomic mass is 35.5. The van der Waals surface area contributed by atoms with Crippen LogP contribution < -0.4 is 15.2 Å². The van der Waals surface area contributed by atoms with Gasteiger partial charge in [-0.3, -0.25) is 4.79 Å². The molecule has 1 heterocycles. The van der Waals surface area contributed by atoms with E-state index in [4.69, 9.17) is 26.8 Å². The first-order valence-corrected chi connectivity index (χ1v) is 6.57. The van der Waals surface area contributed by atoms with Gasteiger partial charge in [-0.2, -0.15) is 15.4 Å². The SMILES string of the molecule is COc1cc(-c2n[nH]nc2C(N)=O)c(Cl)cc1OC(C)C. The number of primary amides is 1. The zero-order valence-corrected chi connectivity index (χ0v) is 12.6. The van der Waals surface area contributed by atoms with Crippen molar-refractivity contribution in [3.05, 3.63) is 22.8 Å². The van der Waals surface area contributed by atoms with Crippen LogP contribution in [-0.2, 0) is 0 Å². The molecule has 7 nitrogen and oxygen atoms in total. The van der Waals surface area contributed by atoms with Crippen molar-refractivity contribution in [3.8, 4) is 22.8 Å². The van der Waals surface area contributed by atoms with Gasteiger partial charge in [0.15, 0.2) is 17.2 Å². The number of aromatic nitrogens is 3.